The fourth-order valence-electron chi connectivity index (χ4n) is 8.75. The third-order valence-corrected chi connectivity index (χ3v) is 11.4. The number of benzene rings is 1. The number of hydrogen-bond donors (Lipinski definition) is 3. The van der Waals surface area contributed by atoms with Crippen LogP contribution in [0.5, 0.6) is 0 Å². The van der Waals surface area contributed by atoms with Crippen molar-refractivity contribution in [2.24, 2.45) is 18.7 Å². The number of nitrogens with one attached hydrogen (secondary N) is 2. The average molecular weight is 753 g/mol. The molecule has 0 saturated carbocycles. The van der Waals surface area contributed by atoms with Crippen molar-refractivity contribution < 1.29 is 33.5 Å². The number of likely N-dealkylation sites (tertiary alicyclic amines) is 1. The lowest BCUT2D eigenvalue weighted by molar-refractivity contribution is -0.136. The number of aryl methyl sites for hydroxylation is 1. The van der Waals surface area contributed by atoms with Crippen LogP contribution in [0.4, 0.5) is 27.8 Å². The second-order valence-corrected chi connectivity index (χ2v) is 15.4. The third kappa shape index (κ3) is 6.17. The van der Waals surface area contributed by atoms with Crippen LogP contribution >= 0.6 is 0 Å². The van der Waals surface area contributed by atoms with E-state index in [1.807, 2.05) is 11.0 Å². The van der Waals surface area contributed by atoms with Crippen LogP contribution in [0.3, 0.4) is 0 Å². The van der Waals surface area contributed by atoms with Crippen molar-refractivity contribution in [2.45, 2.75) is 43.4 Å². The number of hydrogen-bond acceptors (Lipinski definition) is 14. The van der Waals surface area contributed by atoms with E-state index in [1.165, 1.54) is 6.20 Å². The van der Waals surface area contributed by atoms with Crippen molar-refractivity contribution in [1.82, 2.24) is 39.8 Å². The zero-order valence-electron chi connectivity index (χ0n) is 30.1. The van der Waals surface area contributed by atoms with E-state index in [9.17, 15) is 28.8 Å². The van der Waals surface area contributed by atoms with Crippen LogP contribution < -0.4 is 26.2 Å². The predicted octanol–water partition coefficient (Wildman–Crippen LogP) is 0.0656. The number of amides is 6. The normalized spacial score (nSPS) is 23.8. The first-order valence-corrected chi connectivity index (χ1v) is 18.4. The van der Waals surface area contributed by atoms with Gasteiger partial charge in [0.15, 0.2) is 17.1 Å². The number of anilines is 4. The fourth-order valence-corrected chi connectivity index (χ4v) is 8.75. The van der Waals surface area contributed by atoms with E-state index in [1.54, 1.807) is 36.3 Å². The summed E-state index contributed by atoms with van der Waals surface area (Å²) >= 11 is 0. The maximum Gasteiger partial charge on any atom is 0.410 e. The van der Waals surface area contributed by atoms with Gasteiger partial charge < -0.3 is 25.6 Å². The Kier molecular flexibility index (Phi) is 8.21. The van der Waals surface area contributed by atoms with E-state index in [0.29, 0.717) is 50.1 Å². The van der Waals surface area contributed by atoms with Gasteiger partial charge in [0.1, 0.15) is 11.9 Å². The number of carbonyl (C=O) groups is 6. The minimum absolute atomic E-state index is 0.0212. The molecule has 2 atom stereocenters. The lowest BCUT2D eigenvalue weighted by Gasteiger charge is -2.50. The highest BCUT2D eigenvalue weighted by atomic mass is 16.6. The van der Waals surface area contributed by atoms with E-state index < -0.39 is 41.2 Å². The Labute approximate surface area is 314 Å². The summed E-state index contributed by atoms with van der Waals surface area (Å²) < 4.78 is 7.64. The molecule has 6 aliphatic rings. The Morgan fingerprint density at radius 1 is 1.02 bits per heavy atom. The maximum absolute atomic E-state index is 13.3. The van der Waals surface area contributed by atoms with Crippen LogP contribution in [0.25, 0.3) is 0 Å². The van der Waals surface area contributed by atoms with Crippen molar-refractivity contribution in [3.05, 3.63) is 53.6 Å². The first-order chi connectivity index (χ1) is 26.4. The summed E-state index contributed by atoms with van der Waals surface area (Å²) in [6.07, 6.45) is 6.44. The number of rotatable bonds is 9. The summed E-state index contributed by atoms with van der Waals surface area (Å²) in [7, 11) is 1.78. The Bertz CT molecular complexity index is 2140. The van der Waals surface area contributed by atoms with Crippen LogP contribution in [-0.4, -0.2) is 140 Å². The third-order valence-electron chi connectivity index (χ3n) is 11.4. The van der Waals surface area contributed by atoms with Gasteiger partial charge in [0.25, 0.3) is 17.7 Å². The molecule has 2 aromatic heterocycles. The molecule has 1 aromatic carbocycles. The van der Waals surface area contributed by atoms with E-state index in [4.69, 9.17) is 15.5 Å². The number of carbonyl (C=O) groups excluding carboxylic acids is 6. The number of imide groups is 2. The number of nitrogens with two attached hydrogens (primary N) is 1. The van der Waals surface area contributed by atoms with Crippen LogP contribution in [0.15, 0.2) is 36.8 Å². The molecule has 5 fully saturated rings. The summed E-state index contributed by atoms with van der Waals surface area (Å²) in [4.78, 5) is 94.1. The van der Waals surface area contributed by atoms with Gasteiger partial charge in [-0.1, -0.05) is 0 Å². The van der Waals surface area contributed by atoms with Gasteiger partial charge >= 0.3 is 6.09 Å². The Morgan fingerprint density at radius 3 is 2.56 bits per heavy atom. The molecule has 3 aromatic rings. The highest BCUT2D eigenvalue weighted by Crippen LogP contribution is 2.38. The summed E-state index contributed by atoms with van der Waals surface area (Å²) in [6.45, 7) is 5.45. The topological polar surface area (TPSA) is 222 Å². The van der Waals surface area contributed by atoms with Gasteiger partial charge in [-0.3, -0.25) is 48.7 Å². The number of piperidine rings is 2. The smallest absolute Gasteiger partial charge is 0.410 e. The van der Waals surface area contributed by atoms with E-state index >= 15 is 0 Å². The molecule has 5 saturated heterocycles. The zero-order chi connectivity index (χ0) is 38.2. The lowest BCUT2D eigenvalue weighted by atomic mass is 9.89. The largest absolute Gasteiger partial charge is 0.438 e. The number of nitrogens with zero attached hydrogens (tertiary/aromatic N) is 9. The molecule has 8 heterocycles. The molecule has 0 radical (unpaired) electrons. The summed E-state index contributed by atoms with van der Waals surface area (Å²) in [5.74, 6) is -1.59. The molecule has 1 spiro atoms. The maximum atomic E-state index is 13.3. The van der Waals surface area contributed by atoms with Crippen molar-refractivity contribution >= 4 is 58.6 Å². The molecular formula is C36H40N12O7. The summed E-state index contributed by atoms with van der Waals surface area (Å²) in [6, 6.07) is 4.11. The molecule has 286 valence electrons. The highest BCUT2D eigenvalue weighted by Gasteiger charge is 2.55. The Hall–Kier alpha value is -6.11. The summed E-state index contributed by atoms with van der Waals surface area (Å²) in [5, 5.41) is 9.46. The Morgan fingerprint density at radius 2 is 1.82 bits per heavy atom. The molecular weight excluding hydrogens is 712 g/mol. The molecule has 6 aliphatic heterocycles. The lowest BCUT2D eigenvalue weighted by Crippen LogP contribution is -2.66. The highest BCUT2D eigenvalue weighted by molar-refractivity contribution is 6.23. The van der Waals surface area contributed by atoms with Crippen LogP contribution in [-0.2, 0) is 21.4 Å². The molecule has 55 heavy (non-hydrogen) atoms. The SMILES string of the molecule is Cn1cc(Nc2nc(N3CCCC(N4CC5(CN(CC6CN(c7ccc8c(c7)C(=O)N(C7CCC(=O)NC7=O)C8=O)C6)C5)OC4=O)C3)cnc2C(N)=O)cn1. The van der Waals surface area contributed by atoms with Gasteiger partial charge in [0, 0.05) is 77.1 Å². The molecule has 6 amide bonds. The van der Waals surface area contributed by atoms with Gasteiger partial charge in [-0.05, 0) is 37.5 Å². The van der Waals surface area contributed by atoms with E-state index in [-0.39, 0.29) is 47.6 Å². The molecule has 0 bridgehead atoms. The van der Waals surface area contributed by atoms with E-state index in [2.05, 4.69) is 35.4 Å². The quantitative estimate of drug-likeness (QED) is 0.246. The number of ether oxygens (including phenoxy) is 1. The standard InChI is InChI=1S/C36H40N12O7/c1-43-15-21(10-39-43)40-31-29(30(37)50)38-11-27(41-31)45-8-2-3-23(16-45)47-19-36(55-35(47)54)17-44(18-36)12-20-13-46(14-20)22-4-5-24-25(9-22)34(53)48(33(24)52)26-6-7-28(49)42-32(26)51/h4-5,9-11,15,20,23,26H,2-3,6-8,12-14,16-19H2,1H3,(H2,37,50)(H,40,41)(H,42,49,51). The van der Waals surface area contributed by atoms with Gasteiger partial charge in [-0.25, -0.2) is 14.8 Å². The van der Waals surface area contributed by atoms with Crippen molar-refractivity contribution in [1.29, 1.82) is 0 Å². The molecule has 2 unspecified atom stereocenters. The van der Waals surface area contributed by atoms with Crippen molar-refractivity contribution in [2.75, 3.05) is 67.5 Å². The van der Waals surface area contributed by atoms with Crippen LogP contribution in [0.1, 0.15) is 56.9 Å². The van der Waals surface area contributed by atoms with Crippen LogP contribution in [0, 0.1) is 5.92 Å². The van der Waals surface area contributed by atoms with Crippen molar-refractivity contribution in [3.63, 3.8) is 0 Å². The Balaban J connectivity index is 0.776. The number of fused-ring (bicyclic) bond motifs is 1. The minimum atomic E-state index is -0.996. The molecule has 19 nitrogen and oxygen atoms in total. The molecule has 9 rings (SSSR count). The predicted molar refractivity (Wildman–Crippen MR) is 193 cm³/mol. The minimum Gasteiger partial charge on any atom is -0.438 e. The monoisotopic (exact) mass is 752 g/mol. The first kappa shape index (κ1) is 34.6. The van der Waals surface area contributed by atoms with Gasteiger partial charge in [0.05, 0.1) is 41.8 Å². The van der Waals surface area contributed by atoms with Crippen molar-refractivity contribution in [3.8, 4) is 0 Å². The second kappa shape index (κ2) is 13.0. The van der Waals surface area contributed by atoms with Crippen LogP contribution in [0.2, 0.25) is 0 Å². The molecule has 19 heteroatoms. The molecule has 0 aliphatic carbocycles. The van der Waals surface area contributed by atoms with Gasteiger partial charge in [0.2, 0.25) is 11.8 Å². The average Bonchev–Trinajstić information content (AvgIpc) is 3.78. The first-order valence-electron chi connectivity index (χ1n) is 18.4. The molecule has 4 N–H and O–H groups in total. The number of aromatic nitrogens is 4. The zero-order valence-corrected chi connectivity index (χ0v) is 30.1. The van der Waals surface area contributed by atoms with E-state index in [0.717, 1.165) is 43.1 Å². The fraction of sp³-hybridized carbons (Fsp3) is 0.472. The van der Waals surface area contributed by atoms with Gasteiger partial charge in [-0.15, -0.1) is 0 Å². The second-order valence-electron chi connectivity index (χ2n) is 15.4. The number of primary amides is 1. The van der Waals surface area contributed by atoms with Gasteiger partial charge in [-0.2, -0.15) is 5.10 Å². The summed E-state index contributed by atoms with van der Waals surface area (Å²) in [5.41, 5.74) is 7.06.